The van der Waals surface area contributed by atoms with E-state index in [1.54, 1.807) is 0 Å². The van der Waals surface area contributed by atoms with Gasteiger partial charge in [0.2, 0.25) is 0 Å². The molecule has 0 radical (unpaired) electrons. The molecule has 6 heteroatoms. The van der Waals surface area contributed by atoms with Crippen LogP contribution in [-0.2, 0) is 19.1 Å². The highest BCUT2D eigenvalue weighted by molar-refractivity contribution is 9.10. The van der Waals surface area contributed by atoms with Gasteiger partial charge in [0.25, 0.3) is 0 Å². The van der Waals surface area contributed by atoms with Crippen LogP contribution in [0.15, 0.2) is 11.6 Å². The molecule has 0 aliphatic heterocycles. The van der Waals surface area contributed by atoms with Gasteiger partial charge in [0.1, 0.15) is 0 Å². The van der Waals surface area contributed by atoms with Gasteiger partial charge in [-0.25, -0.2) is 0 Å². The number of hydrogen-bond acceptors (Lipinski definition) is 4. The number of halogens is 2. The number of alkyl halides is 2. The summed E-state index contributed by atoms with van der Waals surface area (Å²) >= 11 is 6.86. The Bertz CT molecular complexity index is 353. The maximum Gasteiger partial charge on any atom is 0.303 e. The van der Waals surface area contributed by atoms with E-state index in [-0.39, 0.29) is 9.65 Å². The number of carbonyl (C=O) groups excluding carboxylic acids is 2. The fraction of sp³-hybridized carbons (Fsp3) is 0.636. The summed E-state index contributed by atoms with van der Waals surface area (Å²) in [6.07, 6.45) is 0.891. The molecule has 1 aliphatic carbocycles. The zero-order chi connectivity index (χ0) is 13.2. The monoisotopic (exact) mass is 368 g/mol. The summed E-state index contributed by atoms with van der Waals surface area (Å²) < 4.78 is 10.4. The second-order valence-corrected chi connectivity index (χ2v) is 5.95. The first kappa shape index (κ1) is 14.7. The van der Waals surface area contributed by atoms with Gasteiger partial charge in [-0.05, 0) is 6.92 Å². The highest BCUT2D eigenvalue weighted by Crippen LogP contribution is 2.33. The highest BCUT2D eigenvalue weighted by atomic mass is 79.9. The second-order valence-electron chi connectivity index (χ2n) is 3.90. The summed E-state index contributed by atoms with van der Waals surface area (Å²) in [6, 6.07) is 0. The lowest BCUT2D eigenvalue weighted by atomic mass is 9.94. The topological polar surface area (TPSA) is 52.6 Å². The van der Waals surface area contributed by atoms with Gasteiger partial charge in [-0.1, -0.05) is 43.5 Å². The highest BCUT2D eigenvalue weighted by Gasteiger charge is 2.41. The third-order valence-electron chi connectivity index (χ3n) is 2.39. The van der Waals surface area contributed by atoms with E-state index in [9.17, 15) is 9.59 Å². The van der Waals surface area contributed by atoms with Crippen LogP contribution in [-0.4, -0.2) is 33.8 Å². The average molecular weight is 370 g/mol. The molecular weight excluding hydrogens is 356 g/mol. The average Bonchev–Trinajstić information content (AvgIpc) is 2.19. The molecule has 0 aromatic heterocycles. The molecule has 0 saturated carbocycles. The first-order valence-corrected chi connectivity index (χ1v) is 6.97. The first-order chi connectivity index (χ1) is 7.82. The van der Waals surface area contributed by atoms with Crippen molar-refractivity contribution in [3.05, 3.63) is 11.6 Å². The molecule has 0 N–H and O–H groups in total. The Kier molecular flexibility index (Phi) is 5.19. The van der Waals surface area contributed by atoms with Crippen molar-refractivity contribution >= 4 is 43.8 Å². The van der Waals surface area contributed by atoms with Gasteiger partial charge in [0.05, 0.1) is 9.65 Å². The van der Waals surface area contributed by atoms with Crippen molar-refractivity contribution in [2.24, 2.45) is 0 Å². The minimum Gasteiger partial charge on any atom is -0.457 e. The number of rotatable bonds is 2. The smallest absolute Gasteiger partial charge is 0.303 e. The summed E-state index contributed by atoms with van der Waals surface area (Å²) in [4.78, 5) is 21.8. The Labute approximate surface area is 117 Å². The van der Waals surface area contributed by atoms with Crippen LogP contribution in [0.25, 0.3) is 0 Å². The SMILES string of the molecule is CC(=O)O[C@@H]1[C@@H](OC(C)=O)[C@H](Br)C(C)=C[C@H]1Br. The Morgan fingerprint density at radius 2 is 1.59 bits per heavy atom. The molecule has 0 aromatic carbocycles. The fourth-order valence-corrected chi connectivity index (χ4v) is 3.07. The molecule has 0 bridgehead atoms. The Morgan fingerprint density at radius 1 is 1.12 bits per heavy atom. The zero-order valence-electron chi connectivity index (χ0n) is 9.78. The molecule has 4 atom stereocenters. The van der Waals surface area contributed by atoms with Crippen molar-refractivity contribution in [1.82, 2.24) is 0 Å². The van der Waals surface area contributed by atoms with Crippen molar-refractivity contribution < 1.29 is 19.1 Å². The van der Waals surface area contributed by atoms with E-state index in [4.69, 9.17) is 9.47 Å². The Morgan fingerprint density at radius 3 is 2.06 bits per heavy atom. The number of carbonyl (C=O) groups is 2. The maximum atomic E-state index is 11.1. The largest absolute Gasteiger partial charge is 0.457 e. The van der Waals surface area contributed by atoms with Gasteiger partial charge in [-0.2, -0.15) is 0 Å². The molecule has 0 unspecified atom stereocenters. The van der Waals surface area contributed by atoms with Gasteiger partial charge in [-0.3, -0.25) is 9.59 Å². The standard InChI is InChI=1S/C11H14Br2O4/c1-5-4-8(12)10(16-6(2)14)11(9(5)13)17-7(3)15/h4,8-11H,1-3H3/t8-,9-,10+,11+/m1/s1. The van der Waals surface area contributed by atoms with E-state index >= 15 is 0 Å². The molecular formula is C11H14Br2O4. The van der Waals surface area contributed by atoms with E-state index in [0.29, 0.717) is 0 Å². The van der Waals surface area contributed by atoms with E-state index in [0.717, 1.165) is 5.57 Å². The second kappa shape index (κ2) is 6.00. The van der Waals surface area contributed by atoms with E-state index in [1.165, 1.54) is 13.8 Å². The molecule has 17 heavy (non-hydrogen) atoms. The van der Waals surface area contributed by atoms with Crippen molar-refractivity contribution in [1.29, 1.82) is 0 Å². The lowest BCUT2D eigenvalue weighted by Gasteiger charge is -2.36. The quantitative estimate of drug-likeness (QED) is 0.426. The van der Waals surface area contributed by atoms with Gasteiger partial charge in [-0.15, -0.1) is 0 Å². The summed E-state index contributed by atoms with van der Waals surface area (Å²) in [5.41, 5.74) is 1.03. The molecule has 0 fully saturated rings. The normalized spacial score (nSPS) is 32.6. The molecule has 4 nitrogen and oxygen atoms in total. The van der Waals surface area contributed by atoms with Crippen LogP contribution in [0.4, 0.5) is 0 Å². The van der Waals surface area contributed by atoms with Crippen LogP contribution in [0.3, 0.4) is 0 Å². The van der Waals surface area contributed by atoms with Crippen molar-refractivity contribution in [2.75, 3.05) is 0 Å². The lowest BCUT2D eigenvalue weighted by Crippen LogP contribution is -2.48. The molecule has 0 spiro atoms. The van der Waals surface area contributed by atoms with Crippen LogP contribution in [0.5, 0.6) is 0 Å². The molecule has 1 aliphatic rings. The first-order valence-electron chi connectivity index (χ1n) is 5.14. The molecule has 0 heterocycles. The molecule has 0 saturated heterocycles. The van der Waals surface area contributed by atoms with E-state index in [2.05, 4.69) is 31.9 Å². The summed E-state index contributed by atoms with van der Waals surface area (Å²) in [5.74, 6) is -0.796. The zero-order valence-corrected chi connectivity index (χ0v) is 12.9. The predicted octanol–water partition coefficient (Wildman–Crippen LogP) is 2.34. The molecule has 0 aromatic rings. The fourth-order valence-electron chi connectivity index (χ4n) is 1.69. The number of esters is 2. The number of ether oxygens (including phenoxy) is 2. The van der Waals surface area contributed by atoms with Crippen LogP contribution in [0.1, 0.15) is 20.8 Å². The van der Waals surface area contributed by atoms with Gasteiger partial charge < -0.3 is 9.47 Å². The van der Waals surface area contributed by atoms with Crippen LogP contribution in [0.2, 0.25) is 0 Å². The minimum atomic E-state index is -0.524. The third-order valence-corrected chi connectivity index (χ3v) is 4.42. The Balaban J connectivity index is 2.95. The summed E-state index contributed by atoms with van der Waals surface area (Å²) in [7, 11) is 0. The summed E-state index contributed by atoms with van der Waals surface area (Å²) in [6.45, 7) is 4.59. The third kappa shape index (κ3) is 3.81. The maximum absolute atomic E-state index is 11.1. The molecule has 1 rings (SSSR count). The summed E-state index contributed by atoms with van der Waals surface area (Å²) in [5, 5.41) is 0. The van der Waals surface area contributed by atoms with Gasteiger partial charge in [0, 0.05) is 13.8 Å². The number of hydrogen-bond donors (Lipinski definition) is 0. The van der Waals surface area contributed by atoms with Crippen molar-refractivity contribution in [3.8, 4) is 0 Å². The van der Waals surface area contributed by atoms with Crippen LogP contribution >= 0.6 is 31.9 Å². The predicted molar refractivity (Wildman–Crippen MR) is 70.3 cm³/mol. The molecule has 0 amide bonds. The van der Waals surface area contributed by atoms with Crippen molar-refractivity contribution in [3.63, 3.8) is 0 Å². The minimum absolute atomic E-state index is 0.149. The van der Waals surface area contributed by atoms with Crippen LogP contribution in [0, 0.1) is 0 Å². The molecule has 96 valence electrons. The van der Waals surface area contributed by atoms with E-state index in [1.807, 2.05) is 13.0 Å². The lowest BCUT2D eigenvalue weighted by molar-refractivity contribution is -0.164. The Hall–Kier alpha value is -0.360. The van der Waals surface area contributed by atoms with Crippen LogP contribution < -0.4 is 0 Å². The van der Waals surface area contributed by atoms with E-state index < -0.39 is 24.1 Å². The van der Waals surface area contributed by atoms with Crippen molar-refractivity contribution in [2.45, 2.75) is 42.6 Å². The van der Waals surface area contributed by atoms with Gasteiger partial charge in [0.15, 0.2) is 12.2 Å². The van der Waals surface area contributed by atoms with Gasteiger partial charge >= 0.3 is 11.9 Å².